The number of amides is 1. The number of benzene rings is 2. The van der Waals surface area contributed by atoms with Gasteiger partial charge in [-0.15, -0.1) is 0 Å². The summed E-state index contributed by atoms with van der Waals surface area (Å²) in [5.41, 5.74) is 4.64. The van der Waals surface area contributed by atoms with Crippen LogP contribution in [0, 0.1) is 0 Å². The van der Waals surface area contributed by atoms with Gasteiger partial charge in [0, 0.05) is 6.54 Å². The summed E-state index contributed by atoms with van der Waals surface area (Å²) in [5.74, 6) is -0.0323. The van der Waals surface area contributed by atoms with Crippen molar-refractivity contribution in [3.05, 3.63) is 59.7 Å². The van der Waals surface area contributed by atoms with Gasteiger partial charge in [0.1, 0.15) is 0 Å². The Labute approximate surface area is 119 Å². The highest BCUT2D eigenvalue weighted by Crippen LogP contribution is 2.44. The van der Waals surface area contributed by atoms with Crippen LogP contribution >= 0.6 is 0 Å². The van der Waals surface area contributed by atoms with Crippen molar-refractivity contribution >= 4 is 5.91 Å². The van der Waals surface area contributed by atoms with E-state index in [0.29, 0.717) is 0 Å². The van der Waals surface area contributed by atoms with E-state index in [4.69, 9.17) is 0 Å². The summed E-state index contributed by atoms with van der Waals surface area (Å²) < 4.78 is 0. The van der Waals surface area contributed by atoms with E-state index >= 15 is 0 Å². The second-order valence-corrected chi connectivity index (χ2v) is 5.25. The van der Waals surface area contributed by atoms with Gasteiger partial charge in [-0.2, -0.15) is 0 Å². The minimum absolute atomic E-state index is 0.121. The van der Waals surface area contributed by atoms with Crippen LogP contribution in [0.2, 0.25) is 0 Å². The molecule has 1 aliphatic carbocycles. The van der Waals surface area contributed by atoms with Crippen molar-refractivity contribution in [2.24, 2.45) is 0 Å². The molecule has 2 aromatic carbocycles. The van der Waals surface area contributed by atoms with Gasteiger partial charge in [-0.25, -0.2) is 0 Å². The molecule has 0 heterocycles. The van der Waals surface area contributed by atoms with Crippen molar-refractivity contribution in [2.75, 3.05) is 6.54 Å². The van der Waals surface area contributed by atoms with E-state index in [0.717, 1.165) is 30.5 Å². The second kappa shape index (κ2) is 5.49. The lowest BCUT2D eigenvalue weighted by Crippen LogP contribution is -2.29. The summed E-state index contributed by atoms with van der Waals surface area (Å²) in [6, 6.07) is 16.4. The standard InChI is InChI=1S/C18H19NO/c1-2-3-12-19-18(20)17-15-10-6-4-8-13(15)14-9-5-7-11-16(14)17/h4-11,17H,2-3,12H2,1H3,(H,19,20). The molecule has 0 fully saturated rings. The first-order valence-corrected chi connectivity index (χ1v) is 7.29. The monoisotopic (exact) mass is 265 g/mol. The average molecular weight is 265 g/mol. The van der Waals surface area contributed by atoms with Crippen molar-refractivity contribution in [1.29, 1.82) is 0 Å². The number of hydrogen-bond acceptors (Lipinski definition) is 1. The molecule has 2 nitrogen and oxygen atoms in total. The predicted octanol–water partition coefficient (Wildman–Crippen LogP) is 3.72. The summed E-state index contributed by atoms with van der Waals surface area (Å²) in [7, 11) is 0. The van der Waals surface area contributed by atoms with Crippen LogP contribution < -0.4 is 5.32 Å². The van der Waals surface area contributed by atoms with Crippen LogP contribution in [-0.4, -0.2) is 12.5 Å². The van der Waals surface area contributed by atoms with Crippen LogP contribution in [0.25, 0.3) is 11.1 Å². The molecule has 0 atom stereocenters. The number of carbonyl (C=O) groups is 1. The fraction of sp³-hybridized carbons (Fsp3) is 0.278. The van der Waals surface area contributed by atoms with Gasteiger partial charge in [0.15, 0.2) is 0 Å². The maximum absolute atomic E-state index is 12.5. The molecule has 2 aromatic rings. The third-order valence-corrected chi connectivity index (χ3v) is 3.93. The highest BCUT2D eigenvalue weighted by Gasteiger charge is 2.32. The molecule has 0 aliphatic heterocycles. The molecular formula is C18H19NO. The van der Waals surface area contributed by atoms with Crippen LogP contribution in [0.15, 0.2) is 48.5 Å². The number of nitrogens with one attached hydrogen (secondary N) is 1. The maximum atomic E-state index is 12.5. The van der Waals surface area contributed by atoms with Gasteiger partial charge in [-0.3, -0.25) is 4.79 Å². The Balaban J connectivity index is 1.96. The minimum Gasteiger partial charge on any atom is -0.355 e. The highest BCUT2D eigenvalue weighted by atomic mass is 16.1. The molecule has 0 aromatic heterocycles. The first kappa shape index (κ1) is 12.9. The number of carbonyl (C=O) groups excluding carboxylic acids is 1. The van der Waals surface area contributed by atoms with Crippen molar-refractivity contribution in [3.63, 3.8) is 0 Å². The van der Waals surface area contributed by atoms with E-state index in [2.05, 4.69) is 36.5 Å². The Morgan fingerprint density at radius 2 is 1.55 bits per heavy atom. The van der Waals surface area contributed by atoms with Crippen molar-refractivity contribution < 1.29 is 4.79 Å². The van der Waals surface area contributed by atoms with Gasteiger partial charge in [0.05, 0.1) is 5.92 Å². The highest BCUT2D eigenvalue weighted by molar-refractivity contribution is 5.96. The van der Waals surface area contributed by atoms with Crippen LogP contribution in [0.1, 0.15) is 36.8 Å². The Bertz CT molecular complexity index is 587. The zero-order valence-electron chi connectivity index (χ0n) is 11.7. The molecule has 3 rings (SSSR count). The molecule has 2 heteroatoms. The van der Waals surface area contributed by atoms with Crippen LogP contribution in [0.5, 0.6) is 0 Å². The summed E-state index contributed by atoms with van der Waals surface area (Å²) in [6.45, 7) is 2.89. The van der Waals surface area contributed by atoms with Crippen LogP contribution in [0.3, 0.4) is 0 Å². The molecule has 0 radical (unpaired) electrons. The van der Waals surface area contributed by atoms with Crippen LogP contribution in [0.4, 0.5) is 0 Å². The van der Waals surface area contributed by atoms with Gasteiger partial charge in [-0.05, 0) is 28.7 Å². The third kappa shape index (κ3) is 2.11. The molecule has 1 amide bonds. The van der Waals surface area contributed by atoms with E-state index in [-0.39, 0.29) is 11.8 Å². The number of hydrogen-bond donors (Lipinski definition) is 1. The maximum Gasteiger partial charge on any atom is 0.232 e. The van der Waals surface area contributed by atoms with E-state index in [1.54, 1.807) is 0 Å². The topological polar surface area (TPSA) is 29.1 Å². The Morgan fingerprint density at radius 1 is 1.00 bits per heavy atom. The summed E-state index contributed by atoms with van der Waals surface area (Å²) in [4.78, 5) is 12.5. The Hall–Kier alpha value is -2.09. The first-order chi connectivity index (χ1) is 9.83. The number of fused-ring (bicyclic) bond motifs is 3. The number of rotatable bonds is 4. The Morgan fingerprint density at radius 3 is 2.10 bits per heavy atom. The van der Waals surface area contributed by atoms with Crippen molar-refractivity contribution in [1.82, 2.24) is 5.32 Å². The second-order valence-electron chi connectivity index (χ2n) is 5.25. The smallest absolute Gasteiger partial charge is 0.232 e. The molecule has 102 valence electrons. The van der Waals surface area contributed by atoms with Gasteiger partial charge >= 0.3 is 0 Å². The van der Waals surface area contributed by atoms with Crippen molar-refractivity contribution in [3.8, 4) is 11.1 Å². The third-order valence-electron chi connectivity index (χ3n) is 3.93. The van der Waals surface area contributed by atoms with Crippen LogP contribution in [-0.2, 0) is 4.79 Å². The lowest BCUT2D eigenvalue weighted by Gasteiger charge is -2.13. The quantitative estimate of drug-likeness (QED) is 0.839. The van der Waals surface area contributed by atoms with E-state index < -0.39 is 0 Å². The molecule has 0 saturated carbocycles. The molecule has 1 N–H and O–H groups in total. The van der Waals surface area contributed by atoms with E-state index in [9.17, 15) is 4.79 Å². The van der Waals surface area contributed by atoms with E-state index in [1.807, 2.05) is 24.3 Å². The first-order valence-electron chi connectivity index (χ1n) is 7.29. The summed E-state index contributed by atoms with van der Waals surface area (Å²) in [6.07, 6.45) is 2.12. The van der Waals surface area contributed by atoms with Gasteiger partial charge in [0.2, 0.25) is 5.91 Å². The number of unbranched alkanes of at least 4 members (excludes halogenated alkanes) is 1. The van der Waals surface area contributed by atoms with Gasteiger partial charge in [-0.1, -0.05) is 61.9 Å². The van der Waals surface area contributed by atoms with Crippen molar-refractivity contribution in [2.45, 2.75) is 25.7 Å². The zero-order chi connectivity index (χ0) is 13.9. The SMILES string of the molecule is CCCCNC(=O)C1c2ccccc2-c2ccccc21. The van der Waals surface area contributed by atoms with Gasteiger partial charge < -0.3 is 5.32 Å². The summed E-state index contributed by atoms with van der Waals surface area (Å²) in [5, 5.41) is 3.07. The lowest BCUT2D eigenvalue weighted by atomic mass is 9.96. The molecular weight excluding hydrogens is 246 g/mol. The Kier molecular flexibility index (Phi) is 3.55. The van der Waals surface area contributed by atoms with Gasteiger partial charge in [0.25, 0.3) is 0 Å². The average Bonchev–Trinajstić information content (AvgIpc) is 2.82. The normalized spacial score (nSPS) is 12.8. The molecule has 0 saturated heterocycles. The lowest BCUT2D eigenvalue weighted by molar-refractivity contribution is -0.121. The predicted molar refractivity (Wildman–Crippen MR) is 81.6 cm³/mol. The molecule has 0 spiro atoms. The minimum atomic E-state index is -0.153. The van der Waals surface area contributed by atoms with E-state index in [1.165, 1.54) is 11.1 Å². The fourth-order valence-corrected chi connectivity index (χ4v) is 2.93. The largest absolute Gasteiger partial charge is 0.355 e. The molecule has 1 aliphatic rings. The summed E-state index contributed by atoms with van der Waals surface area (Å²) >= 11 is 0. The molecule has 20 heavy (non-hydrogen) atoms. The zero-order valence-corrected chi connectivity index (χ0v) is 11.7. The molecule has 0 unspecified atom stereocenters. The molecule has 0 bridgehead atoms. The fourth-order valence-electron chi connectivity index (χ4n) is 2.93.